The van der Waals surface area contributed by atoms with Gasteiger partial charge in [0, 0.05) is 7.05 Å². The summed E-state index contributed by atoms with van der Waals surface area (Å²) >= 11 is 0. The van der Waals surface area contributed by atoms with Crippen molar-refractivity contribution in [3.05, 3.63) is 0 Å². The predicted molar refractivity (Wildman–Crippen MR) is 51.5 cm³/mol. The van der Waals surface area contributed by atoms with Crippen molar-refractivity contribution in [2.75, 3.05) is 7.05 Å². The highest BCUT2D eigenvalue weighted by Crippen LogP contribution is 2.00. The summed E-state index contributed by atoms with van der Waals surface area (Å²) < 4.78 is 0. The minimum Gasteiger partial charge on any atom is -0.465 e. The lowest BCUT2D eigenvalue weighted by molar-refractivity contribution is 0.197. The van der Waals surface area contributed by atoms with Gasteiger partial charge in [-0.25, -0.2) is 4.79 Å². The zero-order chi connectivity index (χ0) is 9.82. The molecule has 74 valence electrons. The van der Waals surface area contributed by atoms with Gasteiger partial charge in [0.1, 0.15) is 0 Å². The topological polar surface area (TPSA) is 49.3 Å². The van der Waals surface area contributed by atoms with Gasteiger partial charge in [0.2, 0.25) is 0 Å². The normalized spacial score (nSPS) is 8.25. The van der Waals surface area contributed by atoms with Crippen LogP contribution in [0.4, 0.5) is 4.79 Å². The van der Waals surface area contributed by atoms with Crippen molar-refractivity contribution in [1.29, 1.82) is 0 Å². The third-order valence-electron chi connectivity index (χ3n) is 1.42. The molecule has 0 bridgehead atoms. The molecule has 0 aliphatic carbocycles. The summed E-state index contributed by atoms with van der Waals surface area (Å²) in [6.45, 7) is 4.49. The summed E-state index contributed by atoms with van der Waals surface area (Å²) in [5.74, 6) is 0. The average molecular weight is 175 g/mol. The maximum atomic E-state index is 9.26. The van der Waals surface area contributed by atoms with E-state index in [4.69, 9.17) is 5.11 Å². The lowest BCUT2D eigenvalue weighted by Gasteiger charge is -1.90. The molecule has 3 nitrogen and oxygen atoms in total. The fourth-order valence-electron chi connectivity index (χ4n) is 0.677. The number of hydrogen-bond acceptors (Lipinski definition) is 1. The zero-order valence-corrected chi connectivity index (χ0v) is 8.39. The first-order valence-corrected chi connectivity index (χ1v) is 4.59. The van der Waals surface area contributed by atoms with Crippen LogP contribution in [0.1, 0.15) is 46.0 Å². The fourth-order valence-corrected chi connectivity index (χ4v) is 0.677. The first kappa shape index (κ1) is 13.8. The second kappa shape index (κ2) is 12.9. The molecule has 12 heavy (non-hydrogen) atoms. The molecule has 0 radical (unpaired) electrons. The first-order valence-electron chi connectivity index (χ1n) is 4.59. The Morgan fingerprint density at radius 2 is 1.50 bits per heavy atom. The summed E-state index contributed by atoms with van der Waals surface area (Å²) in [6.07, 6.45) is 6.01. The van der Waals surface area contributed by atoms with E-state index in [1.165, 1.54) is 39.2 Å². The van der Waals surface area contributed by atoms with E-state index in [-0.39, 0.29) is 0 Å². The minimum absolute atomic E-state index is 0.995. The maximum absolute atomic E-state index is 9.26. The van der Waals surface area contributed by atoms with Gasteiger partial charge >= 0.3 is 6.09 Å². The van der Waals surface area contributed by atoms with Crippen LogP contribution in [0.15, 0.2) is 0 Å². The second-order valence-corrected chi connectivity index (χ2v) is 2.62. The molecule has 0 rings (SSSR count). The lowest BCUT2D eigenvalue weighted by atomic mass is 10.2. The first-order chi connectivity index (χ1) is 5.68. The van der Waals surface area contributed by atoms with Gasteiger partial charge in [0.25, 0.3) is 0 Å². The van der Waals surface area contributed by atoms with Crippen LogP contribution in [-0.4, -0.2) is 18.2 Å². The van der Waals surface area contributed by atoms with Gasteiger partial charge in [-0.15, -0.1) is 0 Å². The molecule has 0 aromatic heterocycles. The van der Waals surface area contributed by atoms with Crippen LogP contribution in [-0.2, 0) is 0 Å². The number of nitrogens with one attached hydrogen (secondary N) is 1. The quantitative estimate of drug-likeness (QED) is 0.645. The van der Waals surface area contributed by atoms with E-state index in [1.807, 2.05) is 5.32 Å². The molecule has 0 aromatic carbocycles. The molecule has 0 unspecified atom stereocenters. The summed E-state index contributed by atoms with van der Waals surface area (Å²) in [5, 5.41) is 9.56. The van der Waals surface area contributed by atoms with Crippen LogP contribution in [0.2, 0.25) is 0 Å². The van der Waals surface area contributed by atoms with Gasteiger partial charge in [-0.2, -0.15) is 0 Å². The molecule has 0 aromatic rings. The Kier molecular flexibility index (Phi) is 14.9. The van der Waals surface area contributed by atoms with Crippen molar-refractivity contribution >= 4 is 6.09 Å². The Morgan fingerprint density at radius 1 is 1.17 bits per heavy atom. The van der Waals surface area contributed by atoms with Crippen molar-refractivity contribution in [2.45, 2.75) is 46.0 Å². The zero-order valence-electron chi connectivity index (χ0n) is 8.39. The third kappa shape index (κ3) is 22.8. The number of amides is 1. The summed E-state index contributed by atoms with van der Waals surface area (Å²) in [5.41, 5.74) is 0. The van der Waals surface area contributed by atoms with E-state index in [2.05, 4.69) is 13.8 Å². The van der Waals surface area contributed by atoms with Crippen LogP contribution in [0, 0.1) is 0 Å². The van der Waals surface area contributed by atoms with Gasteiger partial charge in [0.15, 0.2) is 0 Å². The number of hydrogen-bond donors (Lipinski definition) is 2. The predicted octanol–water partition coefficient (Wildman–Crippen LogP) is 2.86. The molecule has 0 aliphatic heterocycles. The van der Waals surface area contributed by atoms with E-state index in [0.717, 1.165) is 0 Å². The Morgan fingerprint density at radius 3 is 1.67 bits per heavy atom. The van der Waals surface area contributed by atoms with Gasteiger partial charge in [-0.3, -0.25) is 0 Å². The van der Waals surface area contributed by atoms with Crippen LogP contribution in [0.25, 0.3) is 0 Å². The van der Waals surface area contributed by atoms with E-state index in [9.17, 15) is 4.79 Å². The molecule has 3 heteroatoms. The molecule has 0 aliphatic rings. The number of unbranched alkanes of at least 4 members (excludes halogenated alkanes) is 4. The number of rotatable bonds is 4. The van der Waals surface area contributed by atoms with Crippen LogP contribution in [0.3, 0.4) is 0 Å². The number of carboxylic acid groups (broad SMARTS) is 1. The van der Waals surface area contributed by atoms with Crippen molar-refractivity contribution in [1.82, 2.24) is 5.32 Å². The van der Waals surface area contributed by atoms with Crippen molar-refractivity contribution in [3.8, 4) is 0 Å². The standard InChI is InChI=1S/C7H16.C2H5NO2/c1-3-5-7-6-4-2;1-3-2(4)5/h3-7H2,1-2H3;3H,1H3,(H,4,5). The van der Waals surface area contributed by atoms with Crippen LogP contribution < -0.4 is 5.32 Å². The smallest absolute Gasteiger partial charge is 0.404 e. The third-order valence-corrected chi connectivity index (χ3v) is 1.42. The molecule has 0 heterocycles. The average Bonchev–Trinajstić information content (AvgIpc) is 2.07. The second-order valence-electron chi connectivity index (χ2n) is 2.62. The largest absolute Gasteiger partial charge is 0.465 e. The van der Waals surface area contributed by atoms with Crippen LogP contribution in [0.5, 0.6) is 0 Å². The molecule has 0 saturated carbocycles. The van der Waals surface area contributed by atoms with E-state index in [0.29, 0.717) is 0 Å². The van der Waals surface area contributed by atoms with Crippen LogP contribution >= 0.6 is 0 Å². The molecule has 0 spiro atoms. The van der Waals surface area contributed by atoms with Gasteiger partial charge in [0.05, 0.1) is 0 Å². The lowest BCUT2D eigenvalue weighted by Crippen LogP contribution is -2.13. The summed E-state index contributed by atoms with van der Waals surface area (Å²) in [4.78, 5) is 9.26. The summed E-state index contributed by atoms with van der Waals surface area (Å²) in [7, 11) is 1.35. The van der Waals surface area contributed by atoms with Gasteiger partial charge in [-0.05, 0) is 0 Å². The van der Waals surface area contributed by atoms with E-state index in [1.54, 1.807) is 0 Å². The maximum Gasteiger partial charge on any atom is 0.404 e. The highest BCUT2D eigenvalue weighted by Gasteiger charge is 1.80. The Labute approximate surface area is 75.2 Å². The fraction of sp³-hybridized carbons (Fsp3) is 0.889. The molecule has 0 fully saturated rings. The Balaban J connectivity index is 0. The monoisotopic (exact) mass is 175 g/mol. The van der Waals surface area contributed by atoms with Crippen molar-refractivity contribution in [3.63, 3.8) is 0 Å². The van der Waals surface area contributed by atoms with Gasteiger partial charge in [-0.1, -0.05) is 46.0 Å². The Hall–Kier alpha value is -0.730. The highest BCUT2D eigenvalue weighted by atomic mass is 16.4. The highest BCUT2D eigenvalue weighted by molar-refractivity contribution is 5.63. The summed E-state index contributed by atoms with van der Waals surface area (Å²) in [6, 6.07) is 0. The minimum atomic E-state index is -0.995. The van der Waals surface area contributed by atoms with E-state index < -0.39 is 6.09 Å². The molecule has 0 saturated heterocycles. The van der Waals surface area contributed by atoms with Crippen molar-refractivity contribution < 1.29 is 9.90 Å². The Bertz CT molecular complexity index is 90.5. The molecule has 2 N–H and O–H groups in total. The molecular weight excluding hydrogens is 154 g/mol. The van der Waals surface area contributed by atoms with Crippen molar-refractivity contribution in [2.24, 2.45) is 0 Å². The van der Waals surface area contributed by atoms with Gasteiger partial charge < -0.3 is 10.4 Å². The number of carbonyl (C=O) groups is 1. The molecular formula is C9H21NO2. The molecule has 0 atom stereocenters. The SMILES string of the molecule is CCCCCCC.CNC(=O)O. The molecule has 1 amide bonds. The van der Waals surface area contributed by atoms with E-state index >= 15 is 0 Å².